The zero-order chi connectivity index (χ0) is 18.8. The highest BCUT2D eigenvalue weighted by Gasteiger charge is 2.28. The topological polar surface area (TPSA) is 44.0 Å². The van der Waals surface area contributed by atoms with Crippen LogP contribution in [0.3, 0.4) is 0 Å². The average molecular weight is 368 g/mol. The van der Waals surface area contributed by atoms with Crippen LogP contribution in [0.5, 0.6) is 0 Å². The Morgan fingerprint density at radius 1 is 0.929 bits per heavy atom. The molecule has 2 aromatic carbocycles. The molecular formula is C24H20N2O2. The van der Waals surface area contributed by atoms with E-state index in [0.717, 1.165) is 48.2 Å². The van der Waals surface area contributed by atoms with E-state index in [1.165, 1.54) is 12.0 Å². The van der Waals surface area contributed by atoms with Crippen LogP contribution in [0, 0.1) is 0 Å². The maximum absolute atomic E-state index is 13.7. The van der Waals surface area contributed by atoms with Gasteiger partial charge in [0.15, 0.2) is 0 Å². The lowest BCUT2D eigenvalue weighted by Gasteiger charge is -2.29. The number of fused-ring (bicyclic) bond motifs is 2. The van der Waals surface area contributed by atoms with E-state index in [4.69, 9.17) is 0 Å². The molecule has 0 N–H and O–H groups in total. The van der Waals surface area contributed by atoms with E-state index in [0.29, 0.717) is 16.7 Å². The van der Waals surface area contributed by atoms with Gasteiger partial charge in [-0.15, -0.1) is 0 Å². The van der Waals surface area contributed by atoms with Crippen molar-refractivity contribution in [2.24, 2.45) is 0 Å². The van der Waals surface area contributed by atoms with Crippen molar-refractivity contribution in [3.63, 3.8) is 0 Å². The number of aromatic nitrogens is 2. The van der Waals surface area contributed by atoms with E-state index < -0.39 is 0 Å². The largest absolute Gasteiger partial charge is 0.339 e. The quantitative estimate of drug-likeness (QED) is 0.500. The second kappa shape index (κ2) is 5.68. The van der Waals surface area contributed by atoms with Crippen molar-refractivity contribution in [3.8, 4) is 5.69 Å². The fourth-order valence-corrected chi connectivity index (χ4v) is 4.90. The van der Waals surface area contributed by atoms with Gasteiger partial charge in [-0.1, -0.05) is 36.8 Å². The first-order valence-electron chi connectivity index (χ1n) is 10.0. The summed E-state index contributed by atoms with van der Waals surface area (Å²) in [4.78, 5) is 27.1. The smallest absolute Gasteiger partial charge is 0.268 e. The molecule has 6 rings (SSSR count). The van der Waals surface area contributed by atoms with Crippen molar-refractivity contribution in [2.75, 3.05) is 0 Å². The molecule has 2 aliphatic rings. The van der Waals surface area contributed by atoms with Crippen LogP contribution in [0.1, 0.15) is 36.4 Å². The fraction of sp³-hybridized carbons (Fsp3) is 0.250. The summed E-state index contributed by atoms with van der Waals surface area (Å²) in [6.07, 6.45) is 4.30. The highest BCUT2D eigenvalue weighted by Crippen LogP contribution is 2.38. The summed E-state index contributed by atoms with van der Waals surface area (Å²) in [6.45, 7) is 0.825. The van der Waals surface area contributed by atoms with Crippen LogP contribution in [-0.2, 0) is 13.0 Å². The number of rotatable bonds is 2. The van der Waals surface area contributed by atoms with Crippen LogP contribution in [-0.4, -0.2) is 9.13 Å². The van der Waals surface area contributed by atoms with Crippen molar-refractivity contribution in [1.29, 1.82) is 0 Å². The molecule has 1 aliphatic carbocycles. The molecule has 0 radical (unpaired) electrons. The standard InChI is InChI=1S/C24H20N2O2/c27-23-18-11-5-8-16-12-13-25(22(16)18)20-14-19(15-6-4-7-15)26(24(28)21(20)23)17-9-2-1-3-10-17/h1-3,5,8-11,14-15H,4,6-7,12-13H2. The third kappa shape index (κ3) is 2.00. The molecule has 0 unspecified atom stereocenters. The predicted octanol–water partition coefficient (Wildman–Crippen LogP) is 4.13. The molecule has 4 nitrogen and oxygen atoms in total. The molecule has 4 aromatic rings. The predicted molar refractivity (Wildman–Crippen MR) is 112 cm³/mol. The average Bonchev–Trinajstić information content (AvgIpc) is 3.10. The molecule has 1 fully saturated rings. The Balaban J connectivity index is 1.82. The minimum absolute atomic E-state index is 0.139. The van der Waals surface area contributed by atoms with Gasteiger partial charge in [0.2, 0.25) is 5.43 Å². The summed E-state index contributed by atoms with van der Waals surface area (Å²) >= 11 is 0. The Labute approximate surface area is 161 Å². The van der Waals surface area contributed by atoms with Gasteiger partial charge in [0.05, 0.1) is 11.0 Å². The van der Waals surface area contributed by atoms with Gasteiger partial charge in [0.1, 0.15) is 5.39 Å². The van der Waals surface area contributed by atoms with Gasteiger partial charge in [-0.25, -0.2) is 0 Å². The van der Waals surface area contributed by atoms with E-state index in [1.807, 2.05) is 42.5 Å². The lowest BCUT2D eigenvalue weighted by atomic mass is 9.82. The third-order valence-corrected chi connectivity index (χ3v) is 6.51. The van der Waals surface area contributed by atoms with E-state index in [1.54, 1.807) is 4.57 Å². The number of pyridine rings is 2. The van der Waals surface area contributed by atoms with Crippen LogP contribution < -0.4 is 11.0 Å². The van der Waals surface area contributed by atoms with Gasteiger partial charge in [-0.2, -0.15) is 0 Å². The lowest BCUT2D eigenvalue weighted by Crippen LogP contribution is -2.30. The number of aryl methyl sites for hydroxylation is 2. The molecule has 0 atom stereocenters. The van der Waals surface area contributed by atoms with Crippen LogP contribution >= 0.6 is 0 Å². The van der Waals surface area contributed by atoms with Gasteiger partial charge in [0.25, 0.3) is 5.56 Å². The van der Waals surface area contributed by atoms with Gasteiger partial charge < -0.3 is 4.57 Å². The number of nitrogens with zero attached hydrogens (tertiary/aromatic N) is 2. The zero-order valence-electron chi connectivity index (χ0n) is 15.5. The molecule has 4 heteroatoms. The van der Waals surface area contributed by atoms with Crippen molar-refractivity contribution in [1.82, 2.24) is 9.13 Å². The highest BCUT2D eigenvalue weighted by molar-refractivity contribution is 5.95. The van der Waals surface area contributed by atoms with E-state index in [-0.39, 0.29) is 11.0 Å². The van der Waals surface area contributed by atoms with E-state index in [9.17, 15) is 9.59 Å². The number of hydrogen-bond donors (Lipinski definition) is 0. The second-order valence-corrected chi connectivity index (χ2v) is 7.98. The molecule has 0 bridgehead atoms. The van der Waals surface area contributed by atoms with Crippen molar-refractivity contribution < 1.29 is 0 Å². The Hall–Kier alpha value is -3.14. The van der Waals surface area contributed by atoms with Crippen molar-refractivity contribution in [3.05, 3.63) is 86.4 Å². The summed E-state index contributed by atoms with van der Waals surface area (Å²) < 4.78 is 3.98. The summed E-state index contributed by atoms with van der Waals surface area (Å²) in [7, 11) is 0. The normalized spacial score (nSPS) is 16.0. The molecule has 0 spiro atoms. The maximum atomic E-state index is 13.7. The lowest BCUT2D eigenvalue weighted by molar-refractivity contribution is 0.404. The van der Waals surface area contributed by atoms with Crippen molar-refractivity contribution in [2.45, 2.75) is 38.1 Å². The molecule has 28 heavy (non-hydrogen) atoms. The third-order valence-electron chi connectivity index (χ3n) is 6.51. The molecule has 138 valence electrons. The van der Waals surface area contributed by atoms with Crippen LogP contribution in [0.2, 0.25) is 0 Å². The van der Waals surface area contributed by atoms with E-state index in [2.05, 4.69) is 16.7 Å². The molecule has 1 saturated carbocycles. The van der Waals surface area contributed by atoms with Crippen LogP contribution in [0.4, 0.5) is 0 Å². The Morgan fingerprint density at radius 3 is 2.50 bits per heavy atom. The van der Waals surface area contributed by atoms with E-state index >= 15 is 0 Å². The first kappa shape index (κ1) is 15.9. The molecule has 1 aliphatic heterocycles. The maximum Gasteiger partial charge on any atom is 0.268 e. The summed E-state index contributed by atoms with van der Waals surface area (Å²) in [5.74, 6) is 0.382. The first-order chi connectivity index (χ1) is 13.7. The fourth-order valence-electron chi connectivity index (χ4n) is 4.90. The molecule has 3 heterocycles. The molecule has 0 saturated heterocycles. The van der Waals surface area contributed by atoms with Gasteiger partial charge in [0, 0.05) is 23.3 Å². The van der Waals surface area contributed by atoms with Gasteiger partial charge in [-0.05, 0) is 55.0 Å². The SMILES string of the molecule is O=c1c2cccc3c2n(c2cc(C4CCC4)n(-c4ccccc4)c(=O)c12)CC3. The Bertz CT molecular complexity index is 1380. The molecule has 2 aromatic heterocycles. The van der Waals surface area contributed by atoms with Crippen LogP contribution in [0.15, 0.2) is 64.2 Å². The summed E-state index contributed by atoms with van der Waals surface area (Å²) in [5.41, 5.74) is 4.58. The summed E-state index contributed by atoms with van der Waals surface area (Å²) in [6, 6.07) is 17.7. The minimum Gasteiger partial charge on any atom is -0.339 e. The zero-order valence-corrected chi connectivity index (χ0v) is 15.5. The Kier molecular flexibility index (Phi) is 3.22. The first-order valence-corrected chi connectivity index (χ1v) is 10.0. The molecular weight excluding hydrogens is 348 g/mol. The number of benzene rings is 2. The Morgan fingerprint density at radius 2 is 1.75 bits per heavy atom. The summed E-state index contributed by atoms with van der Waals surface area (Å²) in [5, 5.41) is 0.981. The highest BCUT2D eigenvalue weighted by atomic mass is 16.1. The van der Waals surface area contributed by atoms with Gasteiger partial charge >= 0.3 is 0 Å². The van der Waals surface area contributed by atoms with Crippen molar-refractivity contribution >= 4 is 21.8 Å². The van der Waals surface area contributed by atoms with Gasteiger partial charge in [-0.3, -0.25) is 14.2 Å². The monoisotopic (exact) mass is 368 g/mol. The minimum atomic E-state index is -0.182. The number of hydrogen-bond acceptors (Lipinski definition) is 2. The molecule has 0 amide bonds. The second-order valence-electron chi connectivity index (χ2n) is 7.98. The number of para-hydroxylation sites is 2. The van der Waals surface area contributed by atoms with Crippen LogP contribution in [0.25, 0.3) is 27.5 Å².